The van der Waals surface area contributed by atoms with E-state index in [0.29, 0.717) is 5.69 Å². The minimum Gasteiger partial charge on any atom is -0.366 e. The molecule has 0 fully saturated rings. The van der Waals surface area contributed by atoms with Crippen LogP contribution >= 0.6 is 0 Å². The molecule has 0 radical (unpaired) electrons. The summed E-state index contributed by atoms with van der Waals surface area (Å²) in [6, 6.07) is 4.85. The predicted molar refractivity (Wildman–Crippen MR) is 83.8 cm³/mol. The monoisotopic (exact) mass is 298 g/mol. The second-order valence-electron chi connectivity index (χ2n) is 5.26. The molecule has 2 amide bonds. The third-order valence-corrected chi connectivity index (χ3v) is 3.26. The van der Waals surface area contributed by atoms with E-state index in [1.165, 1.54) is 12.3 Å². The SMILES string of the molecule is Cc1ccnc(C(C)C)c1NC(=O)c1ncccc1C(N)=O. The number of nitrogens with one attached hydrogen (secondary N) is 1. The lowest BCUT2D eigenvalue weighted by molar-refractivity contribution is 0.0974. The second-order valence-corrected chi connectivity index (χ2v) is 5.26. The fraction of sp³-hybridized carbons (Fsp3) is 0.250. The van der Waals surface area contributed by atoms with E-state index in [4.69, 9.17) is 5.73 Å². The van der Waals surface area contributed by atoms with Gasteiger partial charge in [0, 0.05) is 12.4 Å². The second kappa shape index (κ2) is 6.34. The molecule has 0 unspecified atom stereocenters. The number of pyridine rings is 2. The van der Waals surface area contributed by atoms with Gasteiger partial charge in [0.25, 0.3) is 11.8 Å². The van der Waals surface area contributed by atoms with Crippen molar-refractivity contribution in [1.82, 2.24) is 9.97 Å². The number of primary amides is 1. The average molecular weight is 298 g/mol. The van der Waals surface area contributed by atoms with E-state index in [-0.39, 0.29) is 17.2 Å². The molecule has 0 aliphatic heterocycles. The quantitative estimate of drug-likeness (QED) is 0.904. The fourth-order valence-electron chi connectivity index (χ4n) is 2.14. The molecule has 2 aromatic heterocycles. The molecule has 0 aliphatic carbocycles. The Hall–Kier alpha value is -2.76. The minimum absolute atomic E-state index is 0.00737. The first-order valence-electron chi connectivity index (χ1n) is 6.93. The number of carbonyl (C=O) groups is 2. The molecule has 0 saturated carbocycles. The van der Waals surface area contributed by atoms with Crippen LogP contribution in [-0.2, 0) is 0 Å². The van der Waals surface area contributed by atoms with E-state index >= 15 is 0 Å². The lowest BCUT2D eigenvalue weighted by Gasteiger charge is -2.15. The summed E-state index contributed by atoms with van der Waals surface area (Å²) in [4.78, 5) is 32.2. The van der Waals surface area contributed by atoms with E-state index in [1.54, 1.807) is 12.3 Å². The smallest absolute Gasteiger partial charge is 0.275 e. The Balaban J connectivity index is 2.41. The standard InChI is InChI=1S/C16H18N4O2/c1-9(2)12-13(10(3)6-8-19-12)20-16(22)14-11(15(17)21)5-4-7-18-14/h4-9H,1-3H3,(H2,17,21)(H,20,22). The molecule has 3 N–H and O–H groups in total. The summed E-state index contributed by atoms with van der Waals surface area (Å²) >= 11 is 0. The Bertz CT molecular complexity index is 726. The molecule has 2 rings (SSSR count). The van der Waals surface area contributed by atoms with Crippen molar-refractivity contribution in [2.24, 2.45) is 5.73 Å². The van der Waals surface area contributed by atoms with Crippen LogP contribution in [0.1, 0.15) is 51.9 Å². The molecule has 0 aromatic carbocycles. The first-order valence-corrected chi connectivity index (χ1v) is 6.93. The summed E-state index contributed by atoms with van der Waals surface area (Å²) in [6.07, 6.45) is 3.15. The molecular formula is C16H18N4O2. The van der Waals surface area contributed by atoms with Crippen LogP contribution in [0.15, 0.2) is 30.6 Å². The molecule has 0 spiro atoms. The van der Waals surface area contributed by atoms with Crippen molar-refractivity contribution >= 4 is 17.5 Å². The van der Waals surface area contributed by atoms with Crippen LogP contribution in [-0.4, -0.2) is 21.8 Å². The lowest BCUT2D eigenvalue weighted by Crippen LogP contribution is -2.22. The van der Waals surface area contributed by atoms with E-state index < -0.39 is 11.8 Å². The van der Waals surface area contributed by atoms with Gasteiger partial charge in [-0.05, 0) is 36.6 Å². The largest absolute Gasteiger partial charge is 0.366 e. The van der Waals surface area contributed by atoms with Crippen molar-refractivity contribution in [2.75, 3.05) is 5.32 Å². The molecule has 0 bridgehead atoms. The van der Waals surface area contributed by atoms with Crippen LogP contribution in [0.2, 0.25) is 0 Å². The highest BCUT2D eigenvalue weighted by Crippen LogP contribution is 2.25. The third-order valence-electron chi connectivity index (χ3n) is 3.26. The molecule has 2 heterocycles. The summed E-state index contributed by atoms with van der Waals surface area (Å²) in [7, 11) is 0. The number of nitrogens with zero attached hydrogens (tertiary/aromatic N) is 2. The molecule has 6 nitrogen and oxygen atoms in total. The van der Waals surface area contributed by atoms with Gasteiger partial charge in [0.05, 0.1) is 16.9 Å². The number of anilines is 1. The van der Waals surface area contributed by atoms with Gasteiger partial charge >= 0.3 is 0 Å². The highest BCUT2D eigenvalue weighted by Gasteiger charge is 2.19. The van der Waals surface area contributed by atoms with Gasteiger partial charge in [-0.15, -0.1) is 0 Å². The van der Waals surface area contributed by atoms with Crippen molar-refractivity contribution < 1.29 is 9.59 Å². The number of rotatable bonds is 4. The number of carbonyl (C=O) groups excluding carboxylic acids is 2. The average Bonchev–Trinajstić information content (AvgIpc) is 2.48. The highest BCUT2D eigenvalue weighted by atomic mass is 16.2. The van der Waals surface area contributed by atoms with Crippen LogP contribution in [0.25, 0.3) is 0 Å². The van der Waals surface area contributed by atoms with Crippen LogP contribution in [0.5, 0.6) is 0 Å². The van der Waals surface area contributed by atoms with Crippen molar-refractivity contribution in [3.63, 3.8) is 0 Å². The molecule has 22 heavy (non-hydrogen) atoms. The van der Waals surface area contributed by atoms with Gasteiger partial charge in [0.15, 0.2) is 0 Å². The number of aryl methyl sites for hydroxylation is 1. The molecule has 6 heteroatoms. The zero-order valence-corrected chi connectivity index (χ0v) is 12.8. The Kier molecular flexibility index (Phi) is 4.50. The summed E-state index contributed by atoms with van der Waals surface area (Å²) in [5.41, 5.74) is 7.70. The predicted octanol–water partition coefficient (Wildman–Crippen LogP) is 2.26. The number of hydrogen-bond donors (Lipinski definition) is 2. The molecule has 0 atom stereocenters. The van der Waals surface area contributed by atoms with Crippen molar-refractivity contribution in [3.8, 4) is 0 Å². The van der Waals surface area contributed by atoms with Gasteiger partial charge in [-0.2, -0.15) is 0 Å². The van der Waals surface area contributed by atoms with E-state index in [1.807, 2.05) is 26.8 Å². The summed E-state index contributed by atoms with van der Waals surface area (Å²) in [5, 5.41) is 2.80. The van der Waals surface area contributed by atoms with Crippen molar-refractivity contribution in [3.05, 3.63) is 53.1 Å². The first kappa shape index (κ1) is 15.6. The Morgan fingerprint density at radius 1 is 1.18 bits per heavy atom. The van der Waals surface area contributed by atoms with Crippen LogP contribution < -0.4 is 11.1 Å². The maximum Gasteiger partial charge on any atom is 0.275 e. The van der Waals surface area contributed by atoms with Gasteiger partial charge in [-0.1, -0.05) is 13.8 Å². The van der Waals surface area contributed by atoms with E-state index in [0.717, 1.165) is 11.3 Å². The normalized spacial score (nSPS) is 10.5. The van der Waals surface area contributed by atoms with Crippen molar-refractivity contribution in [1.29, 1.82) is 0 Å². The fourth-order valence-corrected chi connectivity index (χ4v) is 2.14. The Morgan fingerprint density at radius 2 is 1.91 bits per heavy atom. The highest BCUT2D eigenvalue weighted by molar-refractivity contribution is 6.10. The van der Waals surface area contributed by atoms with Crippen LogP contribution in [0.4, 0.5) is 5.69 Å². The van der Waals surface area contributed by atoms with Gasteiger partial charge in [-0.25, -0.2) is 0 Å². The lowest BCUT2D eigenvalue weighted by atomic mass is 10.0. The summed E-state index contributed by atoms with van der Waals surface area (Å²) in [6.45, 7) is 5.87. The van der Waals surface area contributed by atoms with Gasteiger partial charge in [0.1, 0.15) is 5.69 Å². The van der Waals surface area contributed by atoms with Gasteiger partial charge < -0.3 is 11.1 Å². The maximum atomic E-state index is 12.5. The maximum absolute atomic E-state index is 12.5. The molecular weight excluding hydrogens is 280 g/mol. The zero-order valence-electron chi connectivity index (χ0n) is 12.8. The number of aromatic nitrogens is 2. The van der Waals surface area contributed by atoms with Gasteiger partial charge in [0.2, 0.25) is 0 Å². The van der Waals surface area contributed by atoms with Crippen LogP contribution in [0, 0.1) is 6.92 Å². The topological polar surface area (TPSA) is 98.0 Å². The molecule has 0 aliphatic rings. The number of amides is 2. The van der Waals surface area contributed by atoms with Crippen LogP contribution in [0.3, 0.4) is 0 Å². The minimum atomic E-state index is -0.690. The Labute approximate surface area is 128 Å². The van der Waals surface area contributed by atoms with Crippen molar-refractivity contribution in [2.45, 2.75) is 26.7 Å². The molecule has 2 aromatic rings. The third kappa shape index (κ3) is 3.11. The number of hydrogen-bond acceptors (Lipinski definition) is 4. The first-order chi connectivity index (χ1) is 10.4. The zero-order chi connectivity index (χ0) is 16.3. The Morgan fingerprint density at radius 3 is 2.55 bits per heavy atom. The molecule has 0 saturated heterocycles. The summed E-state index contributed by atoms with van der Waals surface area (Å²) in [5.74, 6) is -1.02. The summed E-state index contributed by atoms with van der Waals surface area (Å²) < 4.78 is 0. The van der Waals surface area contributed by atoms with E-state index in [2.05, 4.69) is 15.3 Å². The van der Waals surface area contributed by atoms with Gasteiger partial charge in [-0.3, -0.25) is 19.6 Å². The van der Waals surface area contributed by atoms with E-state index in [9.17, 15) is 9.59 Å². The number of nitrogens with two attached hydrogens (primary N) is 1. The molecule has 114 valence electrons.